The average Bonchev–Trinajstić information content (AvgIpc) is 1.99. The molecule has 0 bridgehead atoms. The third-order valence-electron chi connectivity index (χ3n) is 1.70. The fraction of sp³-hybridized carbons (Fsp3) is 1.00. The highest BCUT2D eigenvalue weighted by atomic mass is 32.2. The van der Waals surface area contributed by atoms with Gasteiger partial charge in [-0.3, -0.25) is 0 Å². The molecule has 2 N–H and O–H groups in total. The van der Waals surface area contributed by atoms with Crippen molar-refractivity contribution in [2.45, 2.75) is 32.1 Å². The van der Waals surface area contributed by atoms with Gasteiger partial charge in [-0.25, -0.2) is 0 Å². The van der Waals surface area contributed by atoms with Crippen LogP contribution in [0.1, 0.15) is 20.8 Å². The number of aliphatic hydroxyl groups is 2. The lowest BCUT2D eigenvalue weighted by molar-refractivity contribution is 0.113. The number of aliphatic hydroxyl groups excluding tert-OH is 2. The van der Waals surface area contributed by atoms with E-state index in [-0.39, 0.29) is 6.61 Å². The molecular formula is C8H18O2S. The Morgan fingerprint density at radius 1 is 1.27 bits per heavy atom. The smallest absolute Gasteiger partial charge is 0.0861 e. The molecule has 68 valence electrons. The van der Waals surface area contributed by atoms with Crippen LogP contribution in [0.15, 0.2) is 0 Å². The van der Waals surface area contributed by atoms with Crippen molar-refractivity contribution in [3.63, 3.8) is 0 Å². The molecule has 0 aliphatic rings. The molecule has 0 aliphatic heterocycles. The van der Waals surface area contributed by atoms with Crippen LogP contribution in [-0.4, -0.2) is 33.9 Å². The van der Waals surface area contributed by atoms with E-state index in [0.29, 0.717) is 16.9 Å². The number of rotatable bonds is 5. The first-order chi connectivity index (χ1) is 5.07. The normalized spacial score (nSPS) is 16.9. The monoisotopic (exact) mass is 178 g/mol. The minimum Gasteiger partial charge on any atom is -0.394 e. The summed E-state index contributed by atoms with van der Waals surface area (Å²) >= 11 is 1.71. The van der Waals surface area contributed by atoms with Crippen molar-refractivity contribution in [3.8, 4) is 0 Å². The van der Waals surface area contributed by atoms with Gasteiger partial charge in [-0.1, -0.05) is 20.8 Å². The molecule has 0 aromatic rings. The van der Waals surface area contributed by atoms with E-state index in [1.54, 1.807) is 11.8 Å². The third kappa shape index (κ3) is 5.53. The van der Waals surface area contributed by atoms with Gasteiger partial charge in [-0.05, 0) is 5.92 Å². The lowest BCUT2D eigenvalue weighted by atomic mass is 10.2. The van der Waals surface area contributed by atoms with Gasteiger partial charge >= 0.3 is 0 Å². The minimum absolute atomic E-state index is 0.127. The summed E-state index contributed by atoms with van der Waals surface area (Å²) in [4.78, 5) is 0. The maximum atomic E-state index is 9.02. The van der Waals surface area contributed by atoms with Crippen molar-refractivity contribution < 1.29 is 10.2 Å². The van der Waals surface area contributed by atoms with Crippen molar-refractivity contribution in [1.82, 2.24) is 0 Å². The topological polar surface area (TPSA) is 40.5 Å². The molecule has 0 aromatic heterocycles. The van der Waals surface area contributed by atoms with Crippen LogP contribution in [0.25, 0.3) is 0 Å². The quantitative estimate of drug-likeness (QED) is 0.662. The first-order valence-corrected chi connectivity index (χ1v) is 5.03. The SMILES string of the molecule is CC(C)C(C)SCC(O)CO. The highest BCUT2D eigenvalue weighted by Crippen LogP contribution is 2.18. The van der Waals surface area contributed by atoms with Crippen LogP contribution in [0.3, 0.4) is 0 Å². The fourth-order valence-electron chi connectivity index (χ4n) is 0.508. The Bertz CT molecular complexity index is 96.1. The van der Waals surface area contributed by atoms with E-state index in [9.17, 15) is 0 Å². The second-order valence-electron chi connectivity index (χ2n) is 3.12. The second kappa shape index (κ2) is 5.86. The van der Waals surface area contributed by atoms with Crippen LogP contribution in [0.4, 0.5) is 0 Å². The maximum Gasteiger partial charge on any atom is 0.0861 e. The molecule has 0 aromatic carbocycles. The van der Waals surface area contributed by atoms with Gasteiger partial charge in [0.1, 0.15) is 0 Å². The minimum atomic E-state index is -0.554. The van der Waals surface area contributed by atoms with Crippen LogP contribution < -0.4 is 0 Å². The Kier molecular flexibility index (Phi) is 6.01. The summed E-state index contributed by atoms with van der Waals surface area (Å²) in [6, 6.07) is 0. The van der Waals surface area contributed by atoms with Gasteiger partial charge < -0.3 is 10.2 Å². The van der Waals surface area contributed by atoms with Crippen molar-refractivity contribution >= 4 is 11.8 Å². The summed E-state index contributed by atoms with van der Waals surface area (Å²) in [6.07, 6.45) is -0.554. The molecule has 0 rings (SSSR count). The van der Waals surface area contributed by atoms with Crippen LogP contribution in [0, 0.1) is 5.92 Å². The first-order valence-electron chi connectivity index (χ1n) is 3.98. The fourth-order valence-corrected chi connectivity index (χ4v) is 1.52. The Morgan fingerprint density at radius 2 is 1.82 bits per heavy atom. The average molecular weight is 178 g/mol. The van der Waals surface area contributed by atoms with Gasteiger partial charge in [0.25, 0.3) is 0 Å². The number of hydrogen-bond acceptors (Lipinski definition) is 3. The van der Waals surface area contributed by atoms with E-state index in [1.165, 1.54) is 0 Å². The van der Waals surface area contributed by atoms with E-state index < -0.39 is 6.10 Å². The molecule has 11 heavy (non-hydrogen) atoms. The molecule has 0 heterocycles. The molecule has 2 unspecified atom stereocenters. The zero-order valence-corrected chi connectivity index (χ0v) is 8.27. The maximum absolute atomic E-state index is 9.02. The van der Waals surface area contributed by atoms with Crippen molar-refractivity contribution in [1.29, 1.82) is 0 Å². The highest BCUT2D eigenvalue weighted by Gasteiger charge is 2.09. The summed E-state index contributed by atoms with van der Waals surface area (Å²) < 4.78 is 0. The van der Waals surface area contributed by atoms with E-state index in [4.69, 9.17) is 10.2 Å². The standard InChI is InChI=1S/C8H18O2S/c1-6(2)7(3)11-5-8(10)4-9/h6-10H,4-5H2,1-3H3. The molecule has 0 saturated heterocycles. The van der Waals surface area contributed by atoms with Gasteiger partial charge in [0.15, 0.2) is 0 Å². The molecule has 0 radical (unpaired) electrons. The Morgan fingerprint density at radius 3 is 2.18 bits per heavy atom. The second-order valence-corrected chi connectivity index (χ2v) is 4.53. The molecule has 2 atom stereocenters. The summed E-state index contributed by atoms with van der Waals surface area (Å²) in [5.74, 6) is 1.27. The Hall–Kier alpha value is 0.270. The van der Waals surface area contributed by atoms with Crippen molar-refractivity contribution in [2.24, 2.45) is 5.92 Å². The summed E-state index contributed by atoms with van der Waals surface area (Å²) in [5, 5.41) is 18.1. The van der Waals surface area contributed by atoms with Crippen LogP contribution >= 0.6 is 11.8 Å². The molecule has 0 spiro atoms. The molecule has 0 amide bonds. The molecule has 0 saturated carbocycles. The lowest BCUT2D eigenvalue weighted by Crippen LogP contribution is -2.18. The first kappa shape index (κ1) is 11.3. The molecule has 0 fully saturated rings. The van der Waals surface area contributed by atoms with Crippen molar-refractivity contribution in [3.05, 3.63) is 0 Å². The van der Waals surface area contributed by atoms with E-state index in [2.05, 4.69) is 20.8 Å². The van der Waals surface area contributed by atoms with E-state index in [1.807, 2.05) is 0 Å². The van der Waals surface area contributed by atoms with Crippen LogP contribution in [0.5, 0.6) is 0 Å². The summed E-state index contributed by atoms with van der Waals surface area (Å²) in [7, 11) is 0. The molecular weight excluding hydrogens is 160 g/mol. The zero-order valence-electron chi connectivity index (χ0n) is 7.45. The molecule has 3 heteroatoms. The Labute approximate surface area is 73.0 Å². The summed E-state index contributed by atoms with van der Waals surface area (Å²) in [5.41, 5.74) is 0. The lowest BCUT2D eigenvalue weighted by Gasteiger charge is -2.16. The predicted molar refractivity (Wildman–Crippen MR) is 49.9 cm³/mol. The van der Waals surface area contributed by atoms with E-state index in [0.717, 1.165) is 0 Å². The van der Waals surface area contributed by atoms with E-state index >= 15 is 0 Å². The van der Waals surface area contributed by atoms with Gasteiger partial charge in [-0.2, -0.15) is 11.8 Å². The van der Waals surface area contributed by atoms with Crippen molar-refractivity contribution in [2.75, 3.05) is 12.4 Å². The van der Waals surface area contributed by atoms with Gasteiger partial charge in [0.05, 0.1) is 12.7 Å². The number of thioether (sulfide) groups is 1. The zero-order chi connectivity index (χ0) is 8.85. The van der Waals surface area contributed by atoms with Gasteiger partial charge in [0.2, 0.25) is 0 Å². The summed E-state index contributed by atoms with van der Waals surface area (Å²) in [6.45, 7) is 6.32. The third-order valence-corrected chi connectivity index (χ3v) is 3.35. The highest BCUT2D eigenvalue weighted by molar-refractivity contribution is 7.99. The van der Waals surface area contributed by atoms with Crippen LogP contribution in [0.2, 0.25) is 0 Å². The van der Waals surface area contributed by atoms with Gasteiger partial charge in [0, 0.05) is 11.0 Å². The largest absolute Gasteiger partial charge is 0.394 e. The Balaban J connectivity index is 3.37. The number of hydrogen-bond donors (Lipinski definition) is 2. The molecule has 0 aliphatic carbocycles. The molecule has 2 nitrogen and oxygen atoms in total. The predicted octanol–water partition coefficient (Wildman–Crippen LogP) is 1.12. The van der Waals surface area contributed by atoms with Gasteiger partial charge in [-0.15, -0.1) is 0 Å². The van der Waals surface area contributed by atoms with Crippen LogP contribution in [-0.2, 0) is 0 Å².